The van der Waals surface area contributed by atoms with Crippen LogP contribution >= 0.6 is 0 Å². The second kappa shape index (κ2) is 9.14. The number of benzene rings is 7. The van der Waals surface area contributed by atoms with Gasteiger partial charge in [0.2, 0.25) is 0 Å². The van der Waals surface area contributed by atoms with Gasteiger partial charge >= 0.3 is 0 Å². The van der Waals surface area contributed by atoms with E-state index in [1.807, 2.05) is 24.3 Å². The van der Waals surface area contributed by atoms with Crippen LogP contribution in [0.3, 0.4) is 0 Å². The van der Waals surface area contributed by atoms with Crippen molar-refractivity contribution in [3.8, 4) is 22.3 Å². The molecule has 40 heavy (non-hydrogen) atoms. The van der Waals surface area contributed by atoms with E-state index in [1.54, 1.807) is 0 Å². The van der Waals surface area contributed by atoms with Gasteiger partial charge in [0.15, 0.2) is 0 Å². The number of furan rings is 1. The molecule has 2 nitrogen and oxygen atoms in total. The summed E-state index contributed by atoms with van der Waals surface area (Å²) in [6.45, 7) is 0. The summed E-state index contributed by atoms with van der Waals surface area (Å²) in [6.07, 6.45) is 0. The summed E-state index contributed by atoms with van der Waals surface area (Å²) in [5, 5.41) is 10.9. The summed E-state index contributed by atoms with van der Waals surface area (Å²) in [5.41, 5.74) is 8.75. The molecule has 8 rings (SSSR count). The van der Waals surface area contributed by atoms with Gasteiger partial charge < -0.3 is 9.73 Å². The molecule has 0 saturated carbocycles. The number of rotatable bonds is 4. The van der Waals surface area contributed by atoms with Crippen LogP contribution in [0.4, 0.5) is 11.4 Å². The molecule has 188 valence electrons. The number of nitrogens with one attached hydrogen (secondary N) is 1. The molecule has 0 unspecified atom stereocenters. The van der Waals surface area contributed by atoms with Crippen LogP contribution in [-0.4, -0.2) is 0 Å². The van der Waals surface area contributed by atoms with E-state index in [4.69, 9.17) is 4.42 Å². The third-order valence-corrected chi connectivity index (χ3v) is 7.82. The summed E-state index contributed by atoms with van der Waals surface area (Å²) in [4.78, 5) is 0. The maximum atomic E-state index is 6.06. The van der Waals surface area contributed by atoms with Crippen molar-refractivity contribution in [1.29, 1.82) is 0 Å². The second-order valence-electron chi connectivity index (χ2n) is 10.3. The molecule has 1 N–H and O–H groups in total. The molecular formula is C38H25NO. The Morgan fingerprint density at radius 2 is 0.975 bits per heavy atom. The fourth-order valence-electron chi connectivity index (χ4n) is 5.76. The minimum Gasteiger partial charge on any atom is -0.456 e. The maximum absolute atomic E-state index is 6.06. The van der Waals surface area contributed by atoms with Crippen LogP contribution in [0.2, 0.25) is 0 Å². The third-order valence-electron chi connectivity index (χ3n) is 7.82. The number of para-hydroxylation sites is 1. The van der Waals surface area contributed by atoms with Gasteiger partial charge in [0.05, 0.1) is 11.1 Å². The SMILES string of the molecule is c1ccc2cc(-c3ccc4ccc(-c5ccc(Nc6cccc7oc8ccccc8c67)cc5)cc4c3)ccc2c1. The van der Waals surface area contributed by atoms with E-state index in [9.17, 15) is 0 Å². The Balaban J connectivity index is 1.11. The molecule has 0 spiro atoms. The topological polar surface area (TPSA) is 25.2 Å². The Morgan fingerprint density at radius 1 is 0.400 bits per heavy atom. The van der Waals surface area contributed by atoms with Crippen LogP contribution in [0.1, 0.15) is 0 Å². The highest BCUT2D eigenvalue weighted by Crippen LogP contribution is 2.36. The van der Waals surface area contributed by atoms with Crippen molar-refractivity contribution >= 4 is 54.9 Å². The summed E-state index contributed by atoms with van der Waals surface area (Å²) in [6, 6.07) is 51.7. The van der Waals surface area contributed by atoms with Crippen molar-refractivity contribution in [3.63, 3.8) is 0 Å². The highest BCUT2D eigenvalue weighted by Gasteiger charge is 2.11. The largest absolute Gasteiger partial charge is 0.456 e. The van der Waals surface area contributed by atoms with Gasteiger partial charge in [-0.3, -0.25) is 0 Å². The molecule has 7 aromatic carbocycles. The second-order valence-corrected chi connectivity index (χ2v) is 10.3. The molecule has 1 heterocycles. The molecule has 2 heteroatoms. The molecule has 0 fully saturated rings. The lowest BCUT2D eigenvalue weighted by atomic mass is 9.96. The maximum Gasteiger partial charge on any atom is 0.137 e. The molecule has 0 aliphatic carbocycles. The molecule has 0 aliphatic heterocycles. The normalized spacial score (nSPS) is 11.5. The van der Waals surface area contributed by atoms with E-state index in [-0.39, 0.29) is 0 Å². The highest BCUT2D eigenvalue weighted by atomic mass is 16.3. The Bertz CT molecular complexity index is 2190. The molecule has 1 aromatic heterocycles. The van der Waals surface area contributed by atoms with Crippen LogP contribution < -0.4 is 5.32 Å². The van der Waals surface area contributed by atoms with Gasteiger partial charge in [-0.1, -0.05) is 97.1 Å². The Hall–Kier alpha value is -5.34. The average molecular weight is 512 g/mol. The van der Waals surface area contributed by atoms with E-state index in [1.165, 1.54) is 43.8 Å². The van der Waals surface area contributed by atoms with E-state index in [2.05, 4.69) is 127 Å². The predicted molar refractivity (Wildman–Crippen MR) is 169 cm³/mol. The fourth-order valence-corrected chi connectivity index (χ4v) is 5.76. The van der Waals surface area contributed by atoms with Gasteiger partial charge in [0.1, 0.15) is 11.2 Å². The first-order valence-electron chi connectivity index (χ1n) is 13.6. The molecule has 0 bridgehead atoms. The van der Waals surface area contributed by atoms with Crippen molar-refractivity contribution < 1.29 is 4.42 Å². The van der Waals surface area contributed by atoms with Crippen LogP contribution in [-0.2, 0) is 0 Å². The minimum atomic E-state index is 0.891. The molecule has 0 radical (unpaired) electrons. The number of fused-ring (bicyclic) bond motifs is 5. The molecule has 0 atom stereocenters. The highest BCUT2D eigenvalue weighted by molar-refractivity contribution is 6.12. The standard InChI is InChI=1S/C38H25NO/c1-2-7-28-22-30(16-12-25(28)6-1)31-17-14-27-13-15-29(23-32(27)24-31)26-18-20-33(21-19-26)39-35-9-5-11-37-38(35)34-8-3-4-10-36(34)40-37/h1-24,39H. The Labute approximate surface area is 232 Å². The number of hydrogen-bond donors (Lipinski definition) is 1. The van der Waals surface area contributed by atoms with E-state index < -0.39 is 0 Å². The average Bonchev–Trinajstić information content (AvgIpc) is 3.40. The molecule has 0 amide bonds. The molecular weight excluding hydrogens is 486 g/mol. The summed E-state index contributed by atoms with van der Waals surface area (Å²) in [5.74, 6) is 0. The van der Waals surface area contributed by atoms with Crippen LogP contribution in [0.25, 0.3) is 65.7 Å². The van der Waals surface area contributed by atoms with Gasteiger partial charge in [-0.25, -0.2) is 0 Å². The smallest absolute Gasteiger partial charge is 0.137 e. The number of hydrogen-bond acceptors (Lipinski definition) is 2. The van der Waals surface area contributed by atoms with Crippen LogP contribution in [0.15, 0.2) is 150 Å². The minimum absolute atomic E-state index is 0.891. The van der Waals surface area contributed by atoms with Crippen molar-refractivity contribution in [2.45, 2.75) is 0 Å². The van der Waals surface area contributed by atoms with Gasteiger partial charge in [0, 0.05) is 11.1 Å². The van der Waals surface area contributed by atoms with E-state index >= 15 is 0 Å². The quantitative estimate of drug-likeness (QED) is 0.254. The first-order chi connectivity index (χ1) is 19.8. The monoisotopic (exact) mass is 511 g/mol. The van der Waals surface area contributed by atoms with Crippen molar-refractivity contribution in [2.75, 3.05) is 5.32 Å². The fraction of sp³-hybridized carbons (Fsp3) is 0. The first-order valence-corrected chi connectivity index (χ1v) is 13.6. The zero-order chi connectivity index (χ0) is 26.5. The third kappa shape index (κ3) is 3.90. The van der Waals surface area contributed by atoms with Crippen molar-refractivity contribution in [2.24, 2.45) is 0 Å². The first kappa shape index (κ1) is 22.6. The van der Waals surface area contributed by atoms with Crippen molar-refractivity contribution in [1.82, 2.24) is 0 Å². The zero-order valence-corrected chi connectivity index (χ0v) is 21.8. The summed E-state index contributed by atoms with van der Waals surface area (Å²) < 4.78 is 6.06. The Kier molecular flexibility index (Phi) is 5.17. The van der Waals surface area contributed by atoms with Gasteiger partial charge in [-0.05, 0) is 92.3 Å². The van der Waals surface area contributed by atoms with Gasteiger partial charge in [0.25, 0.3) is 0 Å². The van der Waals surface area contributed by atoms with Crippen LogP contribution in [0.5, 0.6) is 0 Å². The van der Waals surface area contributed by atoms with E-state index in [0.29, 0.717) is 0 Å². The summed E-state index contributed by atoms with van der Waals surface area (Å²) >= 11 is 0. The molecule has 0 saturated heterocycles. The zero-order valence-electron chi connectivity index (χ0n) is 21.8. The lowest BCUT2D eigenvalue weighted by molar-refractivity contribution is 0.669. The van der Waals surface area contributed by atoms with Crippen LogP contribution in [0, 0.1) is 0 Å². The predicted octanol–water partition coefficient (Wildman–Crippen LogP) is 11.0. The Morgan fingerprint density at radius 3 is 1.75 bits per heavy atom. The van der Waals surface area contributed by atoms with Crippen molar-refractivity contribution in [3.05, 3.63) is 146 Å². The lowest BCUT2D eigenvalue weighted by Crippen LogP contribution is -1.91. The van der Waals surface area contributed by atoms with Gasteiger partial charge in [-0.15, -0.1) is 0 Å². The lowest BCUT2D eigenvalue weighted by Gasteiger charge is -2.10. The molecule has 0 aliphatic rings. The summed E-state index contributed by atoms with van der Waals surface area (Å²) in [7, 11) is 0. The van der Waals surface area contributed by atoms with Gasteiger partial charge in [-0.2, -0.15) is 0 Å². The van der Waals surface area contributed by atoms with E-state index in [0.717, 1.165) is 33.3 Å². The molecule has 8 aromatic rings. The number of anilines is 2.